The maximum atomic E-state index is 3.62. The highest BCUT2D eigenvalue weighted by Crippen LogP contribution is 2.24. The Bertz CT molecular complexity index is 197. The summed E-state index contributed by atoms with van der Waals surface area (Å²) < 4.78 is 0. The van der Waals surface area contributed by atoms with Gasteiger partial charge in [0.1, 0.15) is 0 Å². The van der Waals surface area contributed by atoms with Crippen LogP contribution in [0.1, 0.15) is 53.9 Å². The maximum absolute atomic E-state index is 3.62. The molecular formula is C13H28N2. The fourth-order valence-corrected chi connectivity index (χ4v) is 2.60. The zero-order valence-electron chi connectivity index (χ0n) is 11.2. The van der Waals surface area contributed by atoms with Gasteiger partial charge in [0, 0.05) is 17.6 Å². The van der Waals surface area contributed by atoms with Gasteiger partial charge in [-0.1, -0.05) is 13.3 Å². The highest BCUT2D eigenvalue weighted by atomic mass is 15.2. The zero-order valence-corrected chi connectivity index (χ0v) is 11.2. The Hall–Kier alpha value is -0.0800. The molecule has 0 radical (unpaired) electrons. The molecule has 1 fully saturated rings. The summed E-state index contributed by atoms with van der Waals surface area (Å²) in [5.41, 5.74) is 0.625. The smallest absolute Gasteiger partial charge is 0.0252 e. The van der Waals surface area contributed by atoms with E-state index in [0.717, 1.165) is 6.54 Å². The summed E-state index contributed by atoms with van der Waals surface area (Å²) in [6.07, 6.45) is 3.84. The van der Waals surface area contributed by atoms with Crippen LogP contribution in [0.15, 0.2) is 0 Å². The molecule has 90 valence electrons. The van der Waals surface area contributed by atoms with E-state index in [-0.39, 0.29) is 5.54 Å². The molecule has 0 aliphatic carbocycles. The number of nitrogens with zero attached hydrogens (tertiary/aromatic N) is 1. The van der Waals surface area contributed by atoms with Crippen LogP contribution >= 0.6 is 0 Å². The molecule has 0 saturated carbocycles. The highest BCUT2D eigenvalue weighted by Gasteiger charge is 2.32. The van der Waals surface area contributed by atoms with Crippen molar-refractivity contribution in [3.05, 3.63) is 0 Å². The van der Waals surface area contributed by atoms with Crippen molar-refractivity contribution >= 4 is 0 Å². The summed E-state index contributed by atoms with van der Waals surface area (Å²) in [5, 5.41) is 3.62. The molecule has 1 N–H and O–H groups in total. The number of rotatable bonds is 3. The van der Waals surface area contributed by atoms with Crippen molar-refractivity contribution in [2.24, 2.45) is 0 Å². The van der Waals surface area contributed by atoms with E-state index in [1.54, 1.807) is 0 Å². The van der Waals surface area contributed by atoms with Gasteiger partial charge in [-0.05, 0) is 53.6 Å². The average Bonchev–Trinajstić information content (AvgIpc) is 2.26. The molecule has 0 amide bonds. The average molecular weight is 212 g/mol. The van der Waals surface area contributed by atoms with Gasteiger partial charge in [-0.15, -0.1) is 0 Å². The number of hydrogen-bond acceptors (Lipinski definition) is 2. The van der Waals surface area contributed by atoms with E-state index in [0.29, 0.717) is 5.54 Å². The fourth-order valence-electron chi connectivity index (χ4n) is 2.60. The first-order chi connectivity index (χ1) is 6.87. The van der Waals surface area contributed by atoms with Crippen molar-refractivity contribution in [3.8, 4) is 0 Å². The standard InChI is InChI=1S/C13H28N2/c1-6-8-13(4,5)15-10-7-9-14-12(2,3)11-15/h14H,6-11H2,1-5H3. The molecule has 1 rings (SSSR count). The maximum Gasteiger partial charge on any atom is 0.0252 e. The molecule has 0 spiro atoms. The van der Waals surface area contributed by atoms with Gasteiger partial charge in [-0.3, -0.25) is 4.90 Å². The quantitative estimate of drug-likeness (QED) is 0.773. The van der Waals surface area contributed by atoms with Crippen molar-refractivity contribution in [2.45, 2.75) is 65.0 Å². The second kappa shape index (κ2) is 4.84. The minimum absolute atomic E-state index is 0.265. The Morgan fingerprint density at radius 1 is 1.33 bits per heavy atom. The molecule has 0 aromatic carbocycles. The van der Waals surface area contributed by atoms with Gasteiger partial charge < -0.3 is 5.32 Å². The molecule has 1 saturated heterocycles. The summed E-state index contributed by atoms with van der Waals surface area (Å²) in [6.45, 7) is 15.2. The largest absolute Gasteiger partial charge is 0.310 e. The van der Waals surface area contributed by atoms with Crippen LogP contribution < -0.4 is 5.32 Å². The highest BCUT2D eigenvalue weighted by molar-refractivity contribution is 4.91. The van der Waals surface area contributed by atoms with Gasteiger partial charge in [0.25, 0.3) is 0 Å². The van der Waals surface area contributed by atoms with Crippen LogP contribution in [0.2, 0.25) is 0 Å². The Morgan fingerprint density at radius 2 is 2.00 bits per heavy atom. The number of hydrogen-bond donors (Lipinski definition) is 1. The Balaban J connectivity index is 2.67. The molecular weight excluding hydrogens is 184 g/mol. The molecule has 1 heterocycles. The van der Waals surface area contributed by atoms with Crippen LogP contribution in [0.25, 0.3) is 0 Å². The lowest BCUT2D eigenvalue weighted by atomic mass is 9.94. The molecule has 0 unspecified atom stereocenters. The topological polar surface area (TPSA) is 15.3 Å². The van der Waals surface area contributed by atoms with Crippen molar-refractivity contribution in [1.29, 1.82) is 0 Å². The molecule has 0 aromatic heterocycles. The molecule has 2 nitrogen and oxygen atoms in total. The monoisotopic (exact) mass is 212 g/mol. The van der Waals surface area contributed by atoms with Crippen molar-refractivity contribution in [3.63, 3.8) is 0 Å². The van der Waals surface area contributed by atoms with E-state index in [9.17, 15) is 0 Å². The Kier molecular flexibility index (Phi) is 4.19. The van der Waals surface area contributed by atoms with Crippen LogP contribution in [0, 0.1) is 0 Å². The Morgan fingerprint density at radius 3 is 2.60 bits per heavy atom. The van der Waals surface area contributed by atoms with Crippen molar-refractivity contribution < 1.29 is 0 Å². The summed E-state index contributed by atoms with van der Waals surface area (Å²) >= 11 is 0. The lowest BCUT2D eigenvalue weighted by Crippen LogP contribution is -2.52. The normalized spacial score (nSPS) is 23.8. The van der Waals surface area contributed by atoms with Crippen LogP contribution in [-0.4, -0.2) is 35.6 Å². The first-order valence-electron chi connectivity index (χ1n) is 6.37. The summed E-state index contributed by atoms with van der Waals surface area (Å²) in [4.78, 5) is 2.66. The van der Waals surface area contributed by atoms with E-state index in [4.69, 9.17) is 0 Å². The third-order valence-electron chi connectivity index (χ3n) is 3.51. The third kappa shape index (κ3) is 3.76. The van der Waals surface area contributed by atoms with Gasteiger partial charge in [0.15, 0.2) is 0 Å². The van der Waals surface area contributed by atoms with Gasteiger partial charge in [-0.2, -0.15) is 0 Å². The van der Waals surface area contributed by atoms with E-state index in [2.05, 4.69) is 44.8 Å². The zero-order chi connectivity index (χ0) is 11.5. The van der Waals surface area contributed by atoms with Crippen LogP contribution in [0.3, 0.4) is 0 Å². The van der Waals surface area contributed by atoms with Gasteiger partial charge in [0.2, 0.25) is 0 Å². The third-order valence-corrected chi connectivity index (χ3v) is 3.51. The minimum Gasteiger partial charge on any atom is -0.310 e. The first-order valence-corrected chi connectivity index (χ1v) is 6.37. The predicted molar refractivity (Wildman–Crippen MR) is 67.3 cm³/mol. The fraction of sp³-hybridized carbons (Fsp3) is 1.00. The van der Waals surface area contributed by atoms with E-state index in [1.807, 2.05) is 0 Å². The molecule has 2 heteroatoms. The van der Waals surface area contributed by atoms with E-state index < -0.39 is 0 Å². The molecule has 15 heavy (non-hydrogen) atoms. The number of nitrogens with one attached hydrogen (secondary N) is 1. The molecule has 0 atom stereocenters. The lowest BCUT2D eigenvalue weighted by Gasteiger charge is -2.41. The second-order valence-electron chi connectivity index (χ2n) is 6.15. The van der Waals surface area contributed by atoms with E-state index in [1.165, 1.54) is 32.4 Å². The summed E-state index contributed by atoms with van der Waals surface area (Å²) in [6, 6.07) is 0. The SMILES string of the molecule is CCCC(C)(C)N1CCCNC(C)(C)C1. The molecule has 0 aromatic rings. The Labute approximate surface area is 95.4 Å². The minimum atomic E-state index is 0.265. The lowest BCUT2D eigenvalue weighted by molar-refractivity contribution is 0.0934. The summed E-state index contributed by atoms with van der Waals surface area (Å²) in [5.74, 6) is 0. The van der Waals surface area contributed by atoms with Gasteiger partial charge in [-0.25, -0.2) is 0 Å². The van der Waals surface area contributed by atoms with Crippen LogP contribution in [0.4, 0.5) is 0 Å². The second-order valence-corrected chi connectivity index (χ2v) is 6.15. The van der Waals surface area contributed by atoms with Crippen LogP contribution in [-0.2, 0) is 0 Å². The first kappa shape index (κ1) is 13.0. The van der Waals surface area contributed by atoms with E-state index >= 15 is 0 Å². The van der Waals surface area contributed by atoms with Gasteiger partial charge >= 0.3 is 0 Å². The predicted octanol–water partition coefficient (Wildman–Crippen LogP) is 2.64. The molecule has 1 aliphatic heterocycles. The van der Waals surface area contributed by atoms with Crippen molar-refractivity contribution in [2.75, 3.05) is 19.6 Å². The van der Waals surface area contributed by atoms with Crippen LogP contribution in [0.5, 0.6) is 0 Å². The van der Waals surface area contributed by atoms with Gasteiger partial charge in [0.05, 0.1) is 0 Å². The van der Waals surface area contributed by atoms with Crippen molar-refractivity contribution in [1.82, 2.24) is 10.2 Å². The molecule has 0 bridgehead atoms. The molecule has 1 aliphatic rings. The summed E-state index contributed by atoms with van der Waals surface area (Å²) in [7, 11) is 0.